The van der Waals surface area contributed by atoms with Crippen molar-refractivity contribution in [3.8, 4) is 0 Å². The molecule has 0 aliphatic rings. The molecule has 2 aromatic rings. The summed E-state index contributed by atoms with van der Waals surface area (Å²) in [6, 6.07) is 19.9. The van der Waals surface area contributed by atoms with Gasteiger partial charge in [-0.25, -0.2) is 0 Å². The van der Waals surface area contributed by atoms with Crippen LogP contribution in [0.5, 0.6) is 0 Å². The van der Waals surface area contributed by atoms with Crippen molar-refractivity contribution in [2.24, 2.45) is 0 Å². The number of benzene rings is 2. The molecule has 0 aliphatic carbocycles. The maximum Gasteiger partial charge on any atom is 0.430 e. The maximum absolute atomic E-state index is 10.5. The maximum atomic E-state index is 10.5. The van der Waals surface area contributed by atoms with E-state index in [1.807, 2.05) is 0 Å². The molecule has 2 aromatic carbocycles. The first kappa shape index (κ1) is 25.7. The summed E-state index contributed by atoms with van der Waals surface area (Å²) in [7, 11) is 0. The zero-order valence-corrected chi connectivity index (χ0v) is 17.6. The van der Waals surface area contributed by atoms with Gasteiger partial charge in [0.15, 0.2) is 0 Å². The SMILES string of the molecule is CC(C)c1ccc(CN(CCCC[NH3+])Cc2ccccc2)cc1.O=C([O-])C(F)(F)F. The summed E-state index contributed by atoms with van der Waals surface area (Å²) in [5.41, 5.74) is 8.17. The number of aliphatic carboxylic acids is 1. The Morgan fingerprint density at radius 2 is 1.47 bits per heavy atom. The van der Waals surface area contributed by atoms with Gasteiger partial charge >= 0.3 is 6.18 Å². The van der Waals surface area contributed by atoms with E-state index in [1.165, 1.54) is 29.5 Å². The van der Waals surface area contributed by atoms with Crippen LogP contribution in [0.15, 0.2) is 54.6 Å². The average Bonchev–Trinajstić information content (AvgIpc) is 2.69. The third-order valence-electron chi connectivity index (χ3n) is 4.51. The predicted molar refractivity (Wildman–Crippen MR) is 109 cm³/mol. The minimum Gasteiger partial charge on any atom is -0.542 e. The van der Waals surface area contributed by atoms with E-state index in [1.54, 1.807) is 0 Å². The van der Waals surface area contributed by atoms with E-state index >= 15 is 0 Å². The highest BCUT2D eigenvalue weighted by Crippen LogP contribution is 2.17. The number of halogens is 3. The molecule has 0 spiro atoms. The summed E-state index contributed by atoms with van der Waals surface area (Å²) in [5.74, 6) is -2.41. The molecule has 0 saturated carbocycles. The van der Waals surface area contributed by atoms with E-state index in [9.17, 15) is 13.2 Å². The van der Waals surface area contributed by atoms with E-state index in [4.69, 9.17) is 9.90 Å². The first-order chi connectivity index (χ1) is 14.1. The van der Waals surface area contributed by atoms with E-state index in [0.29, 0.717) is 5.92 Å². The molecule has 166 valence electrons. The van der Waals surface area contributed by atoms with Crippen LogP contribution >= 0.6 is 0 Å². The zero-order chi connectivity index (χ0) is 22.6. The lowest BCUT2D eigenvalue weighted by Crippen LogP contribution is -2.50. The smallest absolute Gasteiger partial charge is 0.430 e. The van der Waals surface area contributed by atoms with E-state index in [2.05, 4.69) is 79.1 Å². The molecule has 2 rings (SSSR count). The molecule has 4 nitrogen and oxygen atoms in total. The average molecular weight is 425 g/mol. The first-order valence-electron chi connectivity index (χ1n) is 10.1. The summed E-state index contributed by atoms with van der Waals surface area (Å²) < 4.78 is 31.5. The summed E-state index contributed by atoms with van der Waals surface area (Å²) in [4.78, 5) is 11.3. The van der Waals surface area contributed by atoms with Gasteiger partial charge in [0.05, 0.1) is 6.54 Å². The second kappa shape index (κ2) is 13.0. The van der Waals surface area contributed by atoms with Crippen molar-refractivity contribution in [3.05, 3.63) is 71.3 Å². The van der Waals surface area contributed by atoms with Crippen LogP contribution in [0.3, 0.4) is 0 Å². The summed E-state index contributed by atoms with van der Waals surface area (Å²) in [5, 5.41) is 8.78. The fourth-order valence-corrected chi connectivity index (χ4v) is 2.83. The van der Waals surface area contributed by atoms with E-state index in [-0.39, 0.29) is 0 Å². The zero-order valence-electron chi connectivity index (χ0n) is 17.6. The first-order valence-corrected chi connectivity index (χ1v) is 10.1. The third kappa shape index (κ3) is 10.4. The van der Waals surface area contributed by atoms with Crippen LogP contribution < -0.4 is 10.8 Å². The van der Waals surface area contributed by atoms with Gasteiger partial charge in [0.2, 0.25) is 0 Å². The number of rotatable bonds is 9. The third-order valence-corrected chi connectivity index (χ3v) is 4.51. The molecular formula is C23H31F3N2O2. The normalized spacial score (nSPS) is 11.3. The number of hydrogen-bond donors (Lipinski definition) is 1. The molecule has 0 unspecified atom stereocenters. The highest BCUT2D eigenvalue weighted by Gasteiger charge is 2.28. The van der Waals surface area contributed by atoms with Gasteiger partial charge in [-0.2, -0.15) is 13.2 Å². The van der Waals surface area contributed by atoms with Crippen LogP contribution in [0.25, 0.3) is 0 Å². The lowest BCUT2D eigenvalue weighted by Gasteiger charge is -2.22. The number of carbonyl (C=O) groups is 1. The van der Waals surface area contributed by atoms with Gasteiger partial charge in [0.25, 0.3) is 0 Å². The Morgan fingerprint density at radius 3 is 1.90 bits per heavy atom. The Morgan fingerprint density at radius 1 is 0.967 bits per heavy atom. The molecule has 0 heterocycles. The van der Waals surface area contributed by atoms with Crippen molar-refractivity contribution >= 4 is 5.97 Å². The lowest BCUT2D eigenvalue weighted by molar-refractivity contribution is -0.368. The van der Waals surface area contributed by atoms with E-state index in [0.717, 1.165) is 26.2 Å². The van der Waals surface area contributed by atoms with E-state index < -0.39 is 12.1 Å². The molecule has 0 aromatic heterocycles. The van der Waals surface area contributed by atoms with Gasteiger partial charge in [-0.1, -0.05) is 68.4 Å². The minimum atomic E-state index is -5.19. The predicted octanol–water partition coefficient (Wildman–Crippen LogP) is 3.13. The molecular weight excluding hydrogens is 393 g/mol. The molecule has 0 fully saturated rings. The van der Waals surface area contributed by atoms with Gasteiger partial charge in [0, 0.05) is 13.1 Å². The number of unbranched alkanes of at least 4 members (excludes halogenated alkanes) is 1. The molecule has 0 bridgehead atoms. The van der Waals surface area contributed by atoms with Gasteiger partial charge in [-0.3, -0.25) is 4.90 Å². The second-order valence-corrected chi connectivity index (χ2v) is 7.44. The van der Waals surface area contributed by atoms with Crippen molar-refractivity contribution in [2.45, 2.75) is 51.9 Å². The van der Waals surface area contributed by atoms with Gasteiger partial charge in [0.1, 0.15) is 5.97 Å². The molecule has 30 heavy (non-hydrogen) atoms. The van der Waals surface area contributed by atoms with Crippen molar-refractivity contribution in [1.29, 1.82) is 0 Å². The molecule has 3 N–H and O–H groups in total. The van der Waals surface area contributed by atoms with Gasteiger partial charge in [-0.15, -0.1) is 0 Å². The summed E-state index contributed by atoms with van der Waals surface area (Å²) in [6.07, 6.45) is -2.77. The molecule has 0 atom stereocenters. The molecule has 0 amide bonds. The number of nitrogens with zero attached hydrogens (tertiary/aromatic N) is 1. The fraction of sp³-hybridized carbons (Fsp3) is 0.435. The Labute approximate surface area is 176 Å². The summed E-state index contributed by atoms with van der Waals surface area (Å²) in [6.45, 7) is 8.69. The van der Waals surface area contributed by atoms with Crippen LogP contribution in [-0.2, 0) is 17.9 Å². The van der Waals surface area contributed by atoms with Crippen molar-refractivity contribution in [3.63, 3.8) is 0 Å². The Kier molecular flexibility index (Phi) is 11.1. The number of carbonyl (C=O) groups excluding carboxylic acids is 1. The number of hydrogen-bond acceptors (Lipinski definition) is 3. The van der Waals surface area contributed by atoms with Crippen molar-refractivity contribution in [2.75, 3.05) is 13.1 Å². The highest BCUT2D eigenvalue weighted by molar-refractivity contribution is 5.70. The molecule has 0 saturated heterocycles. The van der Waals surface area contributed by atoms with Crippen molar-refractivity contribution < 1.29 is 28.8 Å². The van der Waals surface area contributed by atoms with Crippen LogP contribution in [0.2, 0.25) is 0 Å². The monoisotopic (exact) mass is 424 g/mol. The van der Waals surface area contributed by atoms with Crippen LogP contribution in [0.1, 0.15) is 49.3 Å². The standard InChI is InChI=1S/C21H30N2.C2HF3O2/c1-18(2)21-12-10-20(11-13-21)17-23(15-7-6-14-22)16-19-8-4-3-5-9-19;3-2(4,5)1(6)7/h3-5,8-13,18H,6-7,14-17,22H2,1-2H3;(H,6,7). The number of carboxylic acids is 1. The second-order valence-electron chi connectivity index (χ2n) is 7.44. The largest absolute Gasteiger partial charge is 0.542 e. The molecule has 7 heteroatoms. The number of alkyl halides is 3. The Bertz CT molecular complexity index is 732. The van der Waals surface area contributed by atoms with Gasteiger partial charge < -0.3 is 15.6 Å². The molecule has 0 aliphatic heterocycles. The van der Waals surface area contributed by atoms with Gasteiger partial charge in [-0.05, 0) is 42.0 Å². The topological polar surface area (TPSA) is 71.0 Å². The quantitative estimate of drug-likeness (QED) is 0.629. The number of quaternary nitrogens is 1. The summed E-state index contributed by atoms with van der Waals surface area (Å²) >= 11 is 0. The fourth-order valence-electron chi connectivity index (χ4n) is 2.83. The highest BCUT2D eigenvalue weighted by atomic mass is 19.4. The van der Waals surface area contributed by atoms with Crippen LogP contribution in [-0.4, -0.2) is 30.1 Å². The van der Waals surface area contributed by atoms with Crippen molar-refractivity contribution in [1.82, 2.24) is 4.90 Å². The Hall–Kier alpha value is -2.38. The lowest BCUT2D eigenvalue weighted by atomic mass is 10.0. The number of carboxylic acid groups (broad SMARTS) is 1. The minimum absolute atomic E-state index is 0.599. The van der Waals surface area contributed by atoms with Crippen LogP contribution in [0, 0.1) is 0 Å². The Balaban J connectivity index is 0.000000553. The van der Waals surface area contributed by atoms with Crippen LogP contribution in [0.4, 0.5) is 13.2 Å². The molecule has 0 radical (unpaired) electrons.